The Labute approximate surface area is 97.3 Å². The highest BCUT2D eigenvalue weighted by Gasteiger charge is 2.09. The Morgan fingerprint density at radius 1 is 1.31 bits per heavy atom. The monoisotopic (exact) mass is 226 g/mol. The summed E-state index contributed by atoms with van der Waals surface area (Å²) >= 11 is 4.56. The number of nitriles is 1. The minimum absolute atomic E-state index is 0.442. The summed E-state index contributed by atoms with van der Waals surface area (Å²) in [6.45, 7) is 1.86. The molecule has 1 aromatic heterocycles. The quantitative estimate of drug-likeness (QED) is 0.553. The van der Waals surface area contributed by atoms with Crippen LogP contribution in [0.4, 0.5) is 5.69 Å². The van der Waals surface area contributed by atoms with E-state index in [-0.39, 0.29) is 0 Å². The maximum absolute atomic E-state index is 9.01. The van der Waals surface area contributed by atoms with Crippen LogP contribution in [-0.4, -0.2) is 15.1 Å². The van der Waals surface area contributed by atoms with Crippen LogP contribution in [0.15, 0.2) is 23.5 Å². The molecular weight excluding hydrogens is 220 g/mol. The molecule has 0 fully saturated rings. The largest absolute Gasteiger partial charge is 0.253 e. The van der Waals surface area contributed by atoms with Gasteiger partial charge in [0.15, 0.2) is 0 Å². The van der Waals surface area contributed by atoms with Crippen LogP contribution in [0, 0.1) is 18.3 Å². The van der Waals surface area contributed by atoms with Crippen molar-refractivity contribution >= 4 is 34.1 Å². The second kappa shape index (κ2) is 4.15. The van der Waals surface area contributed by atoms with Crippen LogP contribution >= 0.6 is 12.2 Å². The fraction of sp³-hybridized carbons (Fsp3) is 0.0909. The zero-order valence-electron chi connectivity index (χ0n) is 8.43. The maximum atomic E-state index is 9.01. The summed E-state index contributed by atoms with van der Waals surface area (Å²) < 4.78 is 0. The second-order valence-electron chi connectivity index (χ2n) is 3.14. The molecule has 0 aliphatic rings. The number of isothiocyanates is 1. The fourth-order valence-electron chi connectivity index (χ4n) is 1.49. The molecule has 0 aliphatic heterocycles. The SMILES string of the molecule is Cc1c(N=C=S)cc(C#N)c2nccnc12. The molecule has 0 saturated heterocycles. The lowest BCUT2D eigenvalue weighted by molar-refractivity contribution is 1.26. The van der Waals surface area contributed by atoms with Crippen LogP contribution in [0.3, 0.4) is 0 Å². The zero-order chi connectivity index (χ0) is 11.5. The molecule has 0 amide bonds. The van der Waals surface area contributed by atoms with Crippen molar-refractivity contribution in [3.63, 3.8) is 0 Å². The van der Waals surface area contributed by atoms with Gasteiger partial charge in [0.2, 0.25) is 0 Å². The highest BCUT2D eigenvalue weighted by molar-refractivity contribution is 7.78. The summed E-state index contributed by atoms with van der Waals surface area (Å²) in [5, 5.41) is 11.3. The molecule has 0 unspecified atom stereocenters. The van der Waals surface area contributed by atoms with Gasteiger partial charge in [-0.15, -0.1) is 0 Å². The highest BCUT2D eigenvalue weighted by Crippen LogP contribution is 2.27. The molecular formula is C11H6N4S. The van der Waals surface area contributed by atoms with E-state index in [9.17, 15) is 0 Å². The summed E-state index contributed by atoms with van der Waals surface area (Å²) in [6, 6.07) is 3.72. The van der Waals surface area contributed by atoms with Crippen LogP contribution in [0.5, 0.6) is 0 Å². The number of aliphatic imine (C=N–C) groups is 1. The summed E-state index contributed by atoms with van der Waals surface area (Å²) in [6.07, 6.45) is 3.14. The fourth-order valence-corrected chi connectivity index (χ4v) is 1.59. The first-order valence-corrected chi connectivity index (χ1v) is 4.91. The lowest BCUT2D eigenvalue weighted by atomic mass is 10.1. The van der Waals surface area contributed by atoms with E-state index < -0.39 is 0 Å². The summed E-state index contributed by atoms with van der Waals surface area (Å²) in [7, 11) is 0. The van der Waals surface area contributed by atoms with Crippen LogP contribution in [0.25, 0.3) is 11.0 Å². The standard InChI is InChI=1S/C11H6N4S/c1-7-9(15-6-16)4-8(5-12)11-10(7)13-2-3-14-11/h2-4H,1H3. The first-order valence-electron chi connectivity index (χ1n) is 4.50. The Kier molecular flexibility index (Phi) is 2.69. The average Bonchev–Trinajstić information content (AvgIpc) is 2.33. The van der Waals surface area contributed by atoms with E-state index in [4.69, 9.17) is 5.26 Å². The summed E-state index contributed by atoms with van der Waals surface area (Å²) in [4.78, 5) is 12.2. The van der Waals surface area contributed by atoms with E-state index in [2.05, 4.69) is 38.4 Å². The number of aromatic nitrogens is 2. The van der Waals surface area contributed by atoms with E-state index in [0.29, 0.717) is 22.3 Å². The van der Waals surface area contributed by atoms with Gasteiger partial charge in [-0.25, -0.2) is 0 Å². The van der Waals surface area contributed by atoms with Gasteiger partial charge in [0.1, 0.15) is 11.6 Å². The third-order valence-corrected chi connectivity index (χ3v) is 2.35. The van der Waals surface area contributed by atoms with Crippen LogP contribution in [-0.2, 0) is 0 Å². The zero-order valence-corrected chi connectivity index (χ0v) is 9.25. The van der Waals surface area contributed by atoms with Crippen LogP contribution in [0.2, 0.25) is 0 Å². The Morgan fingerprint density at radius 2 is 2.00 bits per heavy atom. The van der Waals surface area contributed by atoms with Crippen molar-refractivity contribution in [3.05, 3.63) is 29.6 Å². The van der Waals surface area contributed by atoms with Gasteiger partial charge < -0.3 is 0 Å². The molecule has 4 nitrogen and oxygen atoms in total. The molecule has 0 atom stereocenters. The van der Waals surface area contributed by atoms with Crippen molar-refractivity contribution in [2.24, 2.45) is 4.99 Å². The van der Waals surface area contributed by atoms with Gasteiger partial charge in [-0.1, -0.05) is 0 Å². The van der Waals surface area contributed by atoms with Gasteiger partial charge in [0.05, 0.1) is 21.9 Å². The normalized spacial score (nSPS) is 9.50. The van der Waals surface area contributed by atoms with Crippen molar-refractivity contribution in [1.29, 1.82) is 5.26 Å². The number of rotatable bonds is 1. The van der Waals surface area contributed by atoms with Crippen molar-refractivity contribution < 1.29 is 0 Å². The van der Waals surface area contributed by atoms with E-state index in [1.807, 2.05) is 6.92 Å². The lowest BCUT2D eigenvalue weighted by Crippen LogP contribution is -1.90. The number of hydrogen-bond donors (Lipinski definition) is 0. The third kappa shape index (κ3) is 1.57. The highest BCUT2D eigenvalue weighted by atomic mass is 32.1. The number of benzene rings is 1. The molecule has 76 valence electrons. The molecule has 1 aromatic carbocycles. The molecule has 0 saturated carbocycles. The average molecular weight is 226 g/mol. The number of aryl methyl sites for hydroxylation is 1. The van der Waals surface area contributed by atoms with Crippen LogP contribution < -0.4 is 0 Å². The molecule has 2 rings (SSSR count). The smallest absolute Gasteiger partial charge is 0.107 e. The van der Waals surface area contributed by atoms with Crippen LogP contribution in [0.1, 0.15) is 11.1 Å². The number of nitrogens with zero attached hydrogens (tertiary/aromatic N) is 4. The molecule has 5 heteroatoms. The van der Waals surface area contributed by atoms with Gasteiger partial charge in [0, 0.05) is 18.0 Å². The molecule has 0 aliphatic carbocycles. The molecule has 2 aromatic rings. The third-order valence-electron chi connectivity index (χ3n) is 2.26. The minimum atomic E-state index is 0.442. The predicted molar refractivity (Wildman–Crippen MR) is 63.7 cm³/mol. The minimum Gasteiger partial charge on any atom is -0.253 e. The second-order valence-corrected chi connectivity index (χ2v) is 3.32. The summed E-state index contributed by atoms with van der Waals surface area (Å²) in [5.74, 6) is 0. The molecule has 1 heterocycles. The molecule has 0 bridgehead atoms. The first-order chi connectivity index (χ1) is 7.77. The maximum Gasteiger partial charge on any atom is 0.107 e. The van der Waals surface area contributed by atoms with Crippen molar-refractivity contribution in [2.45, 2.75) is 6.92 Å². The number of fused-ring (bicyclic) bond motifs is 1. The lowest BCUT2D eigenvalue weighted by Gasteiger charge is -2.04. The Balaban J connectivity index is 2.95. The van der Waals surface area contributed by atoms with Crippen molar-refractivity contribution in [1.82, 2.24) is 9.97 Å². The van der Waals surface area contributed by atoms with Crippen molar-refractivity contribution in [2.75, 3.05) is 0 Å². The van der Waals surface area contributed by atoms with E-state index in [1.165, 1.54) is 0 Å². The summed E-state index contributed by atoms with van der Waals surface area (Å²) in [5.41, 5.74) is 3.16. The Hall–Kier alpha value is -2.15. The molecule has 0 N–H and O–H groups in total. The van der Waals surface area contributed by atoms with Gasteiger partial charge in [-0.05, 0) is 25.2 Å². The van der Waals surface area contributed by atoms with E-state index in [1.54, 1.807) is 18.5 Å². The number of thiocarbonyl (C=S) groups is 1. The molecule has 0 radical (unpaired) electrons. The van der Waals surface area contributed by atoms with Gasteiger partial charge in [-0.2, -0.15) is 10.3 Å². The Bertz CT molecular complexity index is 651. The van der Waals surface area contributed by atoms with E-state index >= 15 is 0 Å². The predicted octanol–water partition coefficient (Wildman–Crippen LogP) is 2.54. The van der Waals surface area contributed by atoms with Crippen molar-refractivity contribution in [3.8, 4) is 6.07 Å². The first kappa shape index (κ1) is 10.4. The van der Waals surface area contributed by atoms with Gasteiger partial charge >= 0.3 is 0 Å². The topological polar surface area (TPSA) is 61.9 Å². The van der Waals surface area contributed by atoms with E-state index in [0.717, 1.165) is 5.56 Å². The number of hydrogen-bond acceptors (Lipinski definition) is 5. The molecule has 0 spiro atoms. The Morgan fingerprint density at radius 3 is 2.62 bits per heavy atom. The van der Waals surface area contributed by atoms with Gasteiger partial charge in [0.25, 0.3) is 0 Å². The molecule has 16 heavy (non-hydrogen) atoms. The van der Waals surface area contributed by atoms with Gasteiger partial charge in [-0.3, -0.25) is 9.97 Å².